The van der Waals surface area contributed by atoms with Gasteiger partial charge in [0.05, 0.1) is 22.4 Å². The topological polar surface area (TPSA) is 148 Å². The maximum atomic E-state index is 12.5. The molecule has 0 saturated heterocycles. The van der Waals surface area contributed by atoms with E-state index in [1.807, 2.05) is 0 Å². The van der Waals surface area contributed by atoms with Crippen LogP contribution in [0, 0.1) is 10.1 Å². The molecule has 164 valence electrons. The molecule has 32 heavy (non-hydrogen) atoms. The molecule has 12 nitrogen and oxygen atoms in total. The van der Waals surface area contributed by atoms with Crippen molar-refractivity contribution in [1.82, 2.24) is 14.8 Å². The van der Waals surface area contributed by atoms with Gasteiger partial charge in [0.25, 0.3) is 11.6 Å². The van der Waals surface area contributed by atoms with Gasteiger partial charge in [-0.05, 0) is 18.2 Å². The van der Waals surface area contributed by atoms with Gasteiger partial charge in [-0.25, -0.2) is 14.5 Å². The molecular formula is C19H14ClN5O7. The third kappa shape index (κ3) is 4.44. The Hall–Kier alpha value is -4.19. The molecule has 0 saturated carbocycles. The highest BCUT2D eigenvalue weighted by atomic mass is 35.5. The quantitative estimate of drug-likeness (QED) is 0.333. The molecule has 0 spiro atoms. The molecule has 0 atom stereocenters. The molecule has 1 N–H and O–H groups in total. The number of nitro benzene ring substituents is 1. The number of ether oxygens (including phenoxy) is 3. The lowest BCUT2D eigenvalue weighted by Crippen LogP contribution is -2.22. The first-order chi connectivity index (χ1) is 15.4. The number of benzene rings is 2. The Kier molecular flexibility index (Phi) is 5.85. The predicted octanol–water partition coefficient (Wildman–Crippen LogP) is 2.40. The SMILES string of the molecule is O=C(COC(=O)c1cc2c(cc1[N+](=O)[O-])OCCO2)Nc1cc(Cl)ccc1-n1cncn1. The van der Waals surface area contributed by atoms with Crippen LogP contribution in [0.2, 0.25) is 5.02 Å². The number of carbonyl (C=O) groups excluding carboxylic acids is 2. The summed E-state index contributed by atoms with van der Waals surface area (Å²) >= 11 is 6.01. The fourth-order valence-electron chi connectivity index (χ4n) is 2.93. The summed E-state index contributed by atoms with van der Waals surface area (Å²) < 4.78 is 17.0. The predicted molar refractivity (Wildman–Crippen MR) is 109 cm³/mol. The van der Waals surface area contributed by atoms with Crippen molar-refractivity contribution in [2.75, 3.05) is 25.1 Å². The highest BCUT2D eigenvalue weighted by molar-refractivity contribution is 6.31. The van der Waals surface area contributed by atoms with Crippen LogP contribution in [0.3, 0.4) is 0 Å². The van der Waals surface area contributed by atoms with Crippen LogP contribution in [0.15, 0.2) is 43.0 Å². The highest BCUT2D eigenvalue weighted by Gasteiger charge is 2.28. The lowest BCUT2D eigenvalue weighted by molar-refractivity contribution is -0.385. The first-order valence-electron chi connectivity index (χ1n) is 9.12. The Labute approximate surface area is 184 Å². The third-order valence-electron chi connectivity index (χ3n) is 4.31. The van der Waals surface area contributed by atoms with Crippen LogP contribution in [0.1, 0.15) is 10.4 Å². The van der Waals surface area contributed by atoms with Gasteiger partial charge in [0, 0.05) is 11.1 Å². The zero-order chi connectivity index (χ0) is 22.7. The number of amides is 1. The van der Waals surface area contributed by atoms with Gasteiger partial charge >= 0.3 is 5.97 Å². The molecular weight excluding hydrogens is 446 g/mol. The fraction of sp³-hybridized carbons (Fsp3) is 0.158. The number of nitrogens with zero attached hydrogens (tertiary/aromatic N) is 4. The van der Waals surface area contributed by atoms with E-state index in [4.69, 9.17) is 25.8 Å². The molecule has 1 aliphatic rings. The van der Waals surface area contributed by atoms with Crippen LogP contribution < -0.4 is 14.8 Å². The molecule has 1 aromatic heterocycles. The van der Waals surface area contributed by atoms with Gasteiger partial charge in [-0.15, -0.1) is 0 Å². The summed E-state index contributed by atoms with van der Waals surface area (Å²) in [7, 11) is 0. The summed E-state index contributed by atoms with van der Waals surface area (Å²) in [4.78, 5) is 39.3. The number of halogens is 1. The second-order valence-electron chi connectivity index (χ2n) is 6.40. The van der Waals surface area contributed by atoms with Crippen molar-refractivity contribution in [2.24, 2.45) is 0 Å². The summed E-state index contributed by atoms with van der Waals surface area (Å²) in [5.41, 5.74) is -0.107. The molecule has 2 aromatic carbocycles. The fourth-order valence-corrected chi connectivity index (χ4v) is 3.10. The standard InChI is InChI=1S/C19H14ClN5O7/c20-11-1-2-14(24-10-21-9-22-24)13(5-11)23-18(26)8-32-19(27)12-6-16-17(31-4-3-30-16)7-15(12)25(28)29/h1-2,5-7,9-10H,3-4,8H2,(H,23,26). The van der Waals surface area contributed by atoms with Gasteiger partial charge in [-0.3, -0.25) is 14.9 Å². The summed E-state index contributed by atoms with van der Waals surface area (Å²) in [5, 5.41) is 18.3. The molecule has 0 fully saturated rings. The summed E-state index contributed by atoms with van der Waals surface area (Å²) in [6, 6.07) is 6.96. The maximum absolute atomic E-state index is 12.5. The summed E-state index contributed by atoms with van der Waals surface area (Å²) in [6.07, 6.45) is 2.75. The van der Waals surface area contributed by atoms with Crippen LogP contribution >= 0.6 is 11.6 Å². The number of fused-ring (bicyclic) bond motifs is 1. The Morgan fingerprint density at radius 3 is 2.66 bits per heavy atom. The molecule has 0 unspecified atom stereocenters. The number of aromatic nitrogens is 3. The third-order valence-corrected chi connectivity index (χ3v) is 4.54. The van der Waals surface area contributed by atoms with Crippen LogP contribution in [0.5, 0.6) is 11.5 Å². The molecule has 0 aliphatic carbocycles. The number of esters is 1. The molecule has 3 aromatic rings. The monoisotopic (exact) mass is 459 g/mol. The molecule has 2 heterocycles. The number of rotatable bonds is 6. The van der Waals surface area contributed by atoms with Crippen molar-refractivity contribution in [1.29, 1.82) is 0 Å². The van der Waals surface area contributed by atoms with E-state index in [1.54, 1.807) is 12.1 Å². The molecule has 1 amide bonds. The minimum absolute atomic E-state index is 0.152. The van der Waals surface area contributed by atoms with Crippen molar-refractivity contribution < 1.29 is 28.7 Å². The van der Waals surface area contributed by atoms with Crippen molar-refractivity contribution >= 4 is 34.9 Å². The second kappa shape index (κ2) is 8.89. The van der Waals surface area contributed by atoms with Gasteiger partial charge in [0.15, 0.2) is 18.1 Å². The Morgan fingerprint density at radius 2 is 1.97 bits per heavy atom. The van der Waals surface area contributed by atoms with E-state index >= 15 is 0 Å². The summed E-state index contributed by atoms with van der Waals surface area (Å²) in [5.74, 6) is -1.43. The average molecular weight is 460 g/mol. The lowest BCUT2D eigenvalue weighted by Gasteiger charge is -2.18. The zero-order valence-electron chi connectivity index (χ0n) is 16.2. The Morgan fingerprint density at radius 1 is 1.22 bits per heavy atom. The average Bonchev–Trinajstić information content (AvgIpc) is 3.31. The van der Waals surface area contributed by atoms with Gasteiger partial charge in [-0.1, -0.05) is 11.6 Å². The number of carbonyl (C=O) groups is 2. The Bertz CT molecular complexity index is 1200. The highest BCUT2D eigenvalue weighted by Crippen LogP contribution is 2.36. The number of nitrogens with one attached hydrogen (secondary N) is 1. The molecule has 1 aliphatic heterocycles. The smallest absolute Gasteiger partial charge is 0.345 e. The van der Waals surface area contributed by atoms with Gasteiger partial charge in [0.2, 0.25) is 0 Å². The zero-order valence-corrected chi connectivity index (χ0v) is 16.9. The lowest BCUT2D eigenvalue weighted by atomic mass is 10.1. The first-order valence-corrected chi connectivity index (χ1v) is 9.50. The van der Waals surface area contributed by atoms with Crippen molar-refractivity contribution in [3.8, 4) is 17.2 Å². The Balaban J connectivity index is 1.48. The van der Waals surface area contributed by atoms with Gasteiger partial charge < -0.3 is 19.5 Å². The number of hydrogen-bond donors (Lipinski definition) is 1. The normalized spacial score (nSPS) is 12.2. The molecule has 4 rings (SSSR count). The van der Waals surface area contributed by atoms with E-state index < -0.39 is 29.1 Å². The maximum Gasteiger partial charge on any atom is 0.345 e. The van der Waals surface area contributed by atoms with E-state index in [-0.39, 0.29) is 30.3 Å². The van der Waals surface area contributed by atoms with Gasteiger partial charge in [0.1, 0.15) is 31.4 Å². The van der Waals surface area contributed by atoms with E-state index in [2.05, 4.69) is 15.4 Å². The first kappa shape index (κ1) is 21.1. The van der Waals surface area contributed by atoms with Crippen molar-refractivity contribution in [3.63, 3.8) is 0 Å². The van der Waals surface area contributed by atoms with Crippen LogP contribution in [-0.4, -0.2) is 51.4 Å². The van der Waals surface area contributed by atoms with Crippen molar-refractivity contribution in [2.45, 2.75) is 0 Å². The largest absolute Gasteiger partial charge is 0.486 e. The van der Waals surface area contributed by atoms with E-state index in [0.717, 1.165) is 12.1 Å². The van der Waals surface area contributed by atoms with E-state index in [0.29, 0.717) is 16.4 Å². The number of nitro groups is 1. The van der Waals surface area contributed by atoms with Crippen LogP contribution in [0.4, 0.5) is 11.4 Å². The van der Waals surface area contributed by atoms with E-state index in [9.17, 15) is 19.7 Å². The summed E-state index contributed by atoms with van der Waals surface area (Å²) in [6.45, 7) is -0.239. The van der Waals surface area contributed by atoms with Crippen LogP contribution in [-0.2, 0) is 9.53 Å². The molecule has 0 radical (unpaired) electrons. The number of anilines is 1. The van der Waals surface area contributed by atoms with Gasteiger partial charge in [-0.2, -0.15) is 5.10 Å². The van der Waals surface area contributed by atoms with Crippen LogP contribution in [0.25, 0.3) is 5.69 Å². The second-order valence-corrected chi connectivity index (χ2v) is 6.83. The molecule has 0 bridgehead atoms. The minimum Gasteiger partial charge on any atom is -0.486 e. The number of hydrogen-bond acceptors (Lipinski definition) is 9. The van der Waals surface area contributed by atoms with Crippen molar-refractivity contribution in [3.05, 3.63) is 63.7 Å². The molecule has 13 heteroatoms. The minimum atomic E-state index is -1.06. The van der Waals surface area contributed by atoms with E-state index in [1.165, 1.54) is 23.4 Å².